The summed E-state index contributed by atoms with van der Waals surface area (Å²) >= 11 is 0. The van der Waals surface area contributed by atoms with Crippen molar-refractivity contribution in [2.45, 2.75) is 12.8 Å². The molecule has 0 saturated heterocycles. The van der Waals surface area contributed by atoms with Gasteiger partial charge in [-0.1, -0.05) is 0 Å². The molecule has 1 aliphatic rings. The van der Waals surface area contributed by atoms with Gasteiger partial charge in [0, 0.05) is 5.92 Å². The molecule has 0 fully saturated rings. The third kappa shape index (κ3) is 2.74. The molecular formula is C9H14N2O. The van der Waals surface area contributed by atoms with E-state index in [1.807, 2.05) is 19.0 Å². The van der Waals surface area contributed by atoms with Crippen LogP contribution < -0.4 is 0 Å². The topological polar surface area (TPSA) is 32.7 Å². The standard InChI is InChI=1S/C9H14N2O/c1-11(2)7-9(12)8-4-3-5-10-6-8/h5,8H,3-4,7H2,1-2H3. The first-order chi connectivity index (χ1) is 5.70. The van der Waals surface area contributed by atoms with E-state index in [-0.39, 0.29) is 11.7 Å². The number of hydrogen-bond acceptors (Lipinski definition) is 3. The van der Waals surface area contributed by atoms with E-state index in [2.05, 4.69) is 11.5 Å². The minimum Gasteiger partial charge on any atom is -0.302 e. The predicted molar refractivity (Wildman–Crippen MR) is 48.0 cm³/mol. The molecule has 0 aromatic rings. The maximum Gasteiger partial charge on any atom is 0.152 e. The summed E-state index contributed by atoms with van der Waals surface area (Å²) in [4.78, 5) is 17.2. The quantitative estimate of drug-likeness (QED) is 0.616. The zero-order chi connectivity index (χ0) is 8.97. The lowest BCUT2D eigenvalue weighted by Gasteiger charge is -2.16. The van der Waals surface area contributed by atoms with E-state index in [1.165, 1.54) is 0 Å². The van der Waals surface area contributed by atoms with Crippen molar-refractivity contribution in [3.05, 3.63) is 6.54 Å². The average Bonchev–Trinajstić information content (AvgIpc) is 2.05. The summed E-state index contributed by atoms with van der Waals surface area (Å²) < 4.78 is 0. The molecule has 0 N–H and O–H groups in total. The Morgan fingerprint density at radius 3 is 3.00 bits per heavy atom. The molecule has 0 aliphatic carbocycles. The molecule has 0 spiro atoms. The summed E-state index contributed by atoms with van der Waals surface area (Å²) in [5.74, 6) is 0.147. The third-order valence-corrected chi connectivity index (χ3v) is 1.77. The number of aliphatic imine (C=N–C) groups is 1. The first kappa shape index (κ1) is 9.39. The zero-order valence-electron chi connectivity index (χ0n) is 7.58. The van der Waals surface area contributed by atoms with Gasteiger partial charge in [-0.15, -0.1) is 0 Å². The second kappa shape index (κ2) is 4.36. The molecule has 1 atom stereocenters. The van der Waals surface area contributed by atoms with Crippen LogP contribution in [0, 0.1) is 12.5 Å². The van der Waals surface area contributed by atoms with E-state index in [4.69, 9.17) is 0 Å². The van der Waals surface area contributed by atoms with Crippen molar-refractivity contribution in [3.8, 4) is 0 Å². The molecule has 3 heteroatoms. The number of carbonyl (C=O) groups is 1. The Bertz CT molecular complexity index is 187. The first-order valence-corrected chi connectivity index (χ1v) is 4.14. The highest BCUT2D eigenvalue weighted by Crippen LogP contribution is 2.15. The molecule has 0 aromatic heterocycles. The van der Waals surface area contributed by atoms with Gasteiger partial charge >= 0.3 is 0 Å². The van der Waals surface area contributed by atoms with Crippen LogP contribution in [-0.4, -0.2) is 37.5 Å². The summed E-state index contributed by atoms with van der Waals surface area (Å²) in [5, 5.41) is 0. The minimum absolute atomic E-state index is 0.0719. The largest absolute Gasteiger partial charge is 0.302 e. The molecule has 66 valence electrons. The van der Waals surface area contributed by atoms with Crippen molar-refractivity contribution < 1.29 is 4.79 Å². The van der Waals surface area contributed by atoms with Gasteiger partial charge in [0.25, 0.3) is 0 Å². The van der Waals surface area contributed by atoms with E-state index in [1.54, 1.807) is 6.21 Å². The lowest BCUT2D eigenvalue weighted by atomic mass is 9.96. The van der Waals surface area contributed by atoms with E-state index in [9.17, 15) is 4.79 Å². The monoisotopic (exact) mass is 166 g/mol. The van der Waals surface area contributed by atoms with E-state index in [0.717, 1.165) is 12.8 Å². The van der Waals surface area contributed by atoms with E-state index >= 15 is 0 Å². The lowest BCUT2D eigenvalue weighted by Crippen LogP contribution is -2.28. The average molecular weight is 166 g/mol. The van der Waals surface area contributed by atoms with Crippen LogP contribution in [0.5, 0.6) is 0 Å². The number of rotatable bonds is 3. The van der Waals surface area contributed by atoms with Gasteiger partial charge in [-0.3, -0.25) is 9.79 Å². The van der Waals surface area contributed by atoms with Gasteiger partial charge in [-0.05, 0) is 33.2 Å². The van der Waals surface area contributed by atoms with Crippen molar-refractivity contribution in [1.82, 2.24) is 4.90 Å². The number of hydrogen-bond donors (Lipinski definition) is 0. The summed E-state index contributed by atoms with van der Waals surface area (Å²) in [5.41, 5.74) is 0. The minimum atomic E-state index is -0.0719. The Hall–Kier alpha value is -0.700. The van der Waals surface area contributed by atoms with Crippen LogP contribution in [0.2, 0.25) is 0 Å². The maximum atomic E-state index is 11.4. The van der Waals surface area contributed by atoms with Crippen molar-refractivity contribution in [3.63, 3.8) is 0 Å². The smallest absolute Gasteiger partial charge is 0.152 e. The Balaban J connectivity index is 2.36. The molecule has 1 aliphatic heterocycles. The summed E-state index contributed by atoms with van der Waals surface area (Å²) in [6, 6.07) is 0. The Morgan fingerprint density at radius 2 is 2.50 bits per heavy atom. The van der Waals surface area contributed by atoms with Crippen LogP contribution in [0.1, 0.15) is 12.8 Å². The normalized spacial score (nSPS) is 23.1. The number of nitrogens with zero attached hydrogens (tertiary/aromatic N) is 2. The summed E-state index contributed by atoms with van der Waals surface area (Å²) in [7, 11) is 3.79. The SMILES string of the molecule is CN(C)CC(=O)C1[C]N=CCC1. The predicted octanol–water partition coefficient (Wildman–Crippen LogP) is 0.637. The van der Waals surface area contributed by atoms with Gasteiger partial charge < -0.3 is 4.90 Å². The highest BCUT2D eigenvalue weighted by molar-refractivity contribution is 5.85. The molecule has 3 nitrogen and oxygen atoms in total. The zero-order valence-corrected chi connectivity index (χ0v) is 7.58. The Labute approximate surface area is 73.5 Å². The fourth-order valence-electron chi connectivity index (χ4n) is 1.17. The molecule has 0 amide bonds. The van der Waals surface area contributed by atoms with Gasteiger partial charge in [0.15, 0.2) is 5.78 Å². The van der Waals surface area contributed by atoms with Gasteiger partial charge in [-0.25, -0.2) is 0 Å². The molecule has 12 heavy (non-hydrogen) atoms. The maximum absolute atomic E-state index is 11.4. The van der Waals surface area contributed by atoms with Gasteiger partial charge in [0.1, 0.15) is 6.54 Å². The molecule has 0 saturated carbocycles. The number of likely N-dealkylation sites (N-methyl/N-ethyl adjacent to an activating group) is 1. The van der Waals surface area contributed by atoms with Crippen molar-refractivity contribution >= 4 is 12.0 Å². The van der Waals surface area contributed by atoms with Crippen molar-refractivity contribution in [2.24, 2.45) is 10.9 Å². The highest BCUT2D eigenvalue weighted by atomic mass is 16.1. The second-order valence-corrected chi connectivity index (χ2v) is 3.27. The number of Topliss-reactive ketones (excluding diaryl/α,β-unsaturated/α-hetero) is 1. The molecule has 1 heterocycles. The molecule has 1 rings (SSSR count). The lowest BCUT2D eigenvalue weighted by molar-refractivity contribution is -0.122. The van der Waals surface area contributed by atoms with E-state index < -0.39 is 0 Å². The van der Waals surface area contributed by atoms with Crippen LogP contribution in [0.3, 0.4) is 0 Å². The van der Waals surface area contributed by atoms with Crippen molar-refractivity contribution in [2.75, 3.05) is 20.6 Å². The van der Waals surface area contributed by atoms with Crippen molar-refractivity contribution in [1.29, 1.82) is 0 Å². The molecule has 1 unspecified atom stereocenters. The second-order valence-electron chi connectivity index (χ2n) is 3.27. The van der Waals surface area contributed by atoms with Gasteiger partial charge in [0.2, 0.25) is 0 Å². The third-order valence-electron chi connectivity index (χ3n) is 1.77. The Morgan fingerprint density at radius 1 is 1.75 bits per heavy atom. The number of carbonyl (C=O) groups excluding carboxylic acids is 1. The first-order valence-electron chi connectivity index (χ1n) is 4.14. The van der Waals surface area contributed by atoms with Crippen LogP contribution >= 0.6 is 0 Å². The van der Waals surface area contributed by atoms with Gasteiger partial charge in [0.05, 0.1) is 6.54 Å². The Kier molecular flexibility index (Phi) is 3.41. The van der Waals surface area contributed by atoms with Crippen LogP contribution in [0.4, 0.5) is 0 Å². The summed E-state index contributed by atoms with van der Waals surface area (Å²) in [6.07, 6.45) is 3.58. The molecule has 2 radical (unpaired) electrons. The van der Waals surface area contributed by atoms with Crippen LogP contribution in [0.25, 0.3) is 0 Å². The molecule has 0 bridgehead atoms. The number of ketones is 1. The summed E-state index contributed by atoms with van der Waals surface area (Å²) in [6.45, 7) is 3.31. The van der Waals surface area contributed by atoms with Crippen LogP contribution in [-0.2, 0) is 4.79 Å². The van der Waals surface area contributed by atoms with E-state index in [0.29, 0.717) is 6.54 Å². The van der Waals surface area contributed by atoms with Gasteiger partial charge in [-0.2, -0.15) is 0 Å². The highest BCUT2D eigenvalue weighted by Gasteiger charge is 2.20. The fraction of sp³-hybridized carbons (Fsp3) is 0.667. The fourth-order valence-corrected chi connectivity index (χ4v) is 1.17. The molecule has 0 aromatic carbocycles. The molecular weight excluding hydrogens is 152 g/mol. The van der Waals surface area contributed by atoms with Crippen LogP contribution in [0.15, 0.2) is 4.99 Å².